The van der Waals surface area contributed by atoms with Gasteiger partial charge in [0.15, 0.2) is 28.6 Å². The summed E-state index contributed by atoms with van der Waals surface area (Å²) in [6.07, 6.45) is 0.683. The average molecular weight is 609 g/mol. The van der Waals surface area contributed by atoms with Gasteiger partial charge in [0.05, 0.1) is 5.03 Å². The lowest BCUT2D eigenvalue weighted by Crippen LogP contribution is -2.71. The summed E-state index contributed by atoms with van der Waals surface area (Å²) in [4.78, 5) is 59.3. The first-order valence-electron chi connectivity index (χ1n) is 10.9. The highest BCUT2D eigenvalue weighted by Gasteiger charge is 2.54. The largest absolute Gasteiger partial charge is 0.869 e. The van der Waals surface area contributed by atoms with Crippen LogP contribution in [0, 0.1) is 0 Å². The molecule has 40 heavy (non-hydrogen) atoms. The Labute approximate surface area is 235 Å². The number of amides is 2. The van der Waals surface area contributed by atoms with Crippen molar-refractivity contribution in [2.24, 2.45) is 5.16 Å². The molecule has 1 saturated heterocycles. The summed E-state index contributed by atoms with van der Waals surface area (Å²) in [7, 11) is 0. The summed E-state index contributed by atoms with van der Waals surface area (Å²) >= 11 is 8.19. The minimum absolute atomic E-state index is 0.0142. The third-order valence-corrected chi connectivity index (χ3v) is 8.00. The van der Waals surface area contributed by atoms with Gasteiger partial charge in [0.1, 0.15) is 34.2 Å². The number of nitrogens with two attached hydrogens (primary N) is 1. The van der Waals surface area contributed by atoms with Gasteiger partial charge >= 0.3 is 5.97 Å². The van der Waals surface area contributed by atoms with Gasteiger partial charge in [0.2, 0.25) is 0 Å². The second kappa shape index (κ2) is 10.5. The zero-order chi connectivity index (χ0) is 28.7. The molecule has 2 aliphatic heterocycles. The molecule has 2 atom stereocenters. The van der Waals surface area contributed by atoms with Crippen molar-refractivity contribution in [2.75, 3.05) is 11.5 Å². The number of β-lactam (4-membered cyclic amide) rings is 1. The number of hydrogen-bond donors (Lipinski definition) is 4. The number of carboxylic acid groups (broad SMARTS) is 1. The quantitative estimate of drug-likeness (QED) is 0.111. The van der Waals surface area contributed by atoms with E-state index >= 15 is 0 Å². The smallest absolute Gasteiger partial charge is 0.353 e. The molecule has 208 valence electrons. The van der Waals surface area contributed by atoms with Crippen LogP contribution in [0.15, 0.2) is 48.9 Å². The number of pyridine rings is 1. The fourth-order valence-electron chi connectivity index (χ4n) is 3.75. The Kier molecular flexibility index (Phi) is 7.13. The zero-order valence-electron chi connectivity index (χ0n) is 19.6. The van der Waals surface area contributed by atoms with Crippen molar-refractivity contribution in [1.29, 1.82) is 0 Å². The third kappa shape index (κ3) is 4.94. The van der Waals surface area contributed by atoms with Crippen molar-refractivity contribution in [3.63, 3.8) is 0 Å². The molecule has 19 heteroatoms. The van der Waals surface area contributed by atoms with Crippen LogP contribution in [0.4, 0.5) is 5.13 Å². The number of thioether (sulfide) groups is 1. The fourth-order valence-corrected chi connectivity index (χ4v) is 5.85. The standard InChI is InChI=1S/C21H16ClN7O9S2/c22-8-5-39-19-15(18(33)29(19)16(8)20(34)35)25-17(32)14(10-6-40-21(23)24-10)27-37-4-7-1-9(26-38-7)11-2-12(30)13(31)3-28(11)36/h1-3,6,15,19,31,36H,4-5H2,(H2,23,24)(H,25,32)(H,34,35)/p-1/b27-14-/t15-,19-/m1/s1. The van der Waals surface area contributed by atoms with Crippen molar-refractivity contribution < 1.29 is 39.2 Å². The lowest BCUT2D eigenvalue weighted by molar-refractivity contribution is -0.271. The number of halogens is 1. The molecule has 1 fully saturated rings. The molecule has 0 saturated carbocycles. The summed E-state index contributed by atoms with van der Waals surface area (Å²) in [5, 5.41) is 41.6. The van der Waals surface area contributed by atoms with Gasteiger partial charge in [-0.1, -0.05) is 21.9 Å². The van der Waals surface area contributed by atoms with Crippen LogP contribution in [0.1, 0.15) is 11.5 Å². The van der Waals surface area contributed by atoms with Gasteiger partial charge in [-0.05, 0) is 5.75 Å². The van der Waals surface area contributed by atoms with Crippen molar-refractivity contribution >= 4 is 63.3 Å². The van der Waals surface area contributed by atoms with Crippen LogP contribution in [-0.4, -0.2) is 70.7 Å². The Morgan fingerprint density at radius 3 is 2.85 bits per heavy atom. The number of aromatic nitrogens is 3. The lowest BCUT2D eigenvalue weighted by atomic mass is 10.0. The van der Waals surface area contributed by atoms with Gasteiger partial charge in [-0.25, -0.2) is 9.78 Å². The van der Waals surface area contributed by atoms with Crippen molar-refractivity contribution in [3.8, 4) is 17.1 Å². The Morgan fingerprint density at radius 2 is 2.15 bits per heavy atom. The molecule has 2 amide bonds. The number of carboxylic acids is 1. The van der Waals surface area contributed by atoms with E-state index in [4.69, 9.17) is 26.7 Å². The number of thiazole rings is 1. The van der Waals surface area contributed by atoms with E-state index in [9.17, 15) is 34.6 Å². The summed E-state index contributed by atoms with van der Waals surface area (Å²) in [5.41, 5.74) is 4.12. The second-order valence-corrected chi connectivity index (χ2v) is 10.6. The molecule has 0 unspecified atom stereocenters. The highest BCUT2D eigenvalue weighted by Crippen LogP contribution is 2.41. The van der Waals surface area contributed by atoms with E-state index in [1.807, 2.05) is 0 Å². The van der Waals surface area contributed by atoms with Crippen LogP contribution in [0.25, 0.3) is 11.4 Å². The first-order chi connectivity index (χ1) is 19.0. The number of nitrogens with one attached hydrogen (secondary N) is 1. The third-order valence-electron chi connectivity index (χ3n) is 5.57. The number of rotatable bonds is 8. The Bertz CT molecular complexity index is 1660. The highest BCUT2D eigenvalue weighted by atomic mass is 35.5. The van der Waals surface area contributed by atoms with Crippen LogP contribution in [0.5, 0.6) is 5.75 Å². The predicted molar refractivity (Wildman–Crippen MR) is 136 cm³/mol. The Morgan fingerprint density at radius 1 is 1.38 bits per heavy atom. The van der Waals surface area contributed by atoms with Crippen LogP contribution in [0.2, 0.25) is 0 Å². The van der Waals surface area contributed by atoms with Crippen molar-refractivity contribution in [2.45, 2.75) is 18.0 Å². The SMILES string of the molecule is Nc1nc(/C(=N/OCc2cc(-c3cc(=O)c([O-])cn3O)no2)C(=O)N[C@@H]2C(=O)N3C(C(=O)O)=C(Cl)CS[C@H]23)cs1. The highest BCUT2D eigenvalue weighted by molar-refractivity contribution is 8.00. The summed E-state index contributed by atoms with van der Waals surface area (Å²) < 4.78 is 5.53. The van der Waals surface area contributed by atoms with Crippen molar-refractivity contribution in [1.82, 2.24) is 25.1 Å². The summed E-state index contributed by atoms with van der Waals surface area (Å²) in [6, 6.07) is 1.13. The summed E-state index contributed by atoms with van der Waals surface area (Å²) in [5.74, 6) is -3.57. The molecule has 5 heterocycles. The number of hydrogen-bond acceptors (Lipinski definition) is 14. The molecule has 3 aromatic heterocycles. The zero-order valence-corrected chi connectivity index (χ0v) is 22.0. The topological polar surface area (TPSA) is 239 Å². The first-order valence-corrected chi connectivity index (χ1v) is 13.2. The molecular formula is C21H15ClN7O9S2-. The fraction of sp³-hybridized carbons (Fsp3) is 0.190. The van der Waals surface area contributed by atoms with E-state index in [2.05, 4.69) is 20.6 Å². The lowest BCUT2D eigenvalue weighted by Gasteiger charge is -2.48. The van der Waals surface area contributed by atoms with Gasteiger partial charge in [0.25, 0.3) is 11.8 Å². The Hall–Kier alpha value is -4.55. The number of aliphatic carboxylic acids is 1. The van der Waals surface area contributed by atoms with E-state index in [-0.39, 0.29) is 56.8 Å². The number of nitrogens with zero attached hydrogens (tertiary/aromatic N) is 5. The number of oxime groups is 1. The van der Waals surface area contributed by atoms with Gasteiger partial charge in [-0.2, -0.15) is 4.73 Å². The number of anilines is 1. The van der Waals surface area contributed by atoms with E-state index in [1.54, 1.807) is 0 Å². The molecule has 0 aromatic carbocycles. The van der Waals surface area contributed by atoms with Gasteiger partial charge < -0.3 is 35.8 Å². The maximum atomic E-state index is 13.1. The Balaban J connectivity index is 1.31. The van der Waals surface area contributed by atoms with Crippen LogP contribution in [0.3, 0.4) is 0 Å². The minimum atomic E-state index is -1.36. The predicted octanol–water partition coefficient (Wildman–Crippen LogP) is -0.291. The molecule has 2 aliphatic rings. The average Bonchev–Trinajstić information content (AvgIpc) is 3.55. The van der Waals surface area contributed by atoms with Gasteiger partial charge in [-0.15, -0.1) is 23.1 Å². The molecule has 3 aromatic rings. The van der Waals surface area contributed by atoms with E-state index in [0.717, 1.165) is 22.3 Å². The maximum Gasteiger partial charge on any atom is 0.353 e. The first kappa shape index (κ1) is 27.0. The molecule has 5 N–H and O–H groups in total. The summed E-state index contributed by atoms with van der Waals surface area (Å²) in [6.45, 7) is -0.363. The maximum absolute atomic E-state index is 13.1. The normalized spacial score (nSPS) is 18.8. The molecule has 0 spiro atoms. The second-order valence-electron chi connectivity index (χ2n) is 8.11. The van der Waals surface area contributed by atoms with E-state index in [1.165, 1.54) is 23.2 Å². The monoisotopic (exact) mass is 608 g/mol. The molecule has 5 rings (SSSR count). The molecule has 16 nitrogen and oxygen atoms in total. The molecule has 0 aliphatic carbocycles. The molecular weight excluding hydrogens is 594 g/mol. The van der Waals surface area contributed by atoms with Crippen LogP contribution >= 0.6 is 34.7 Å². The van der Waals surface area contributed by atoms with E-state index < -0.39 is 40.4 Å². The number of nitrogen functional groups attached to an aromatic ring is 1. The number of carbonyl (C=O) groups excluding carboxylic acids is 2. The minimum Gasteiger partial charge on any atom is -0.869 e. The van der Waals surface area contributed by atoms with Crippen LogP contribution < -0.4 is 21.6 Å². The van der Waals surface area contributed by atoms with Crippen molar-refractivity contribution in [3.05, 3.63) is 56.1 Å². The van der Waals surface area contributed by atoms with Crippen LogP contribution in [-0.2, 0) is 25.8 Å². The number of carbonyl (C=O) groups is 3. The van der Waals surface area contributed by atoms with Gasteiger partial charge in [-0.3, -0.25) is 19.3 Å². The molecule has 0 bridgehead atoms. The van der Waals surface area contributed by atoms with E-state index in [0.29, 0.717) is 10.9 Å². The van der Waals surface area contributed by atoms with Gasteiger partial charge in [0, 0.05) is 29.5 Å². The number of fused-ring (bicyclic) bond motifs is 1. The molecule has 0 radical (unpaired) electrons.